The molecule has 1 aliphatic heterocycles. The molecule has 2 heterocycles. The van der Waals surface area contributed by atoms with Gasteiger partial charge in [0.2, 0.25) is 0 Å². The van der Waals surface area contributed by atoms with Gasteiger partial charge in [-0.05, 0) is 48.5 Å². The topological polar surface area (TPSA) is 67.5 Å². The van der Waals surface area contributed by atoms with Crippen molar-refractivity contribution in [3.63, 3.8) is 0 Å². The molecular weight excluding hydrogens is 409 g/mol. The van der Waals surface area contributed by atoms with Gasteiger partial charge in [-0.25, -0.2) is 4.39 Å². The Bertz CT molecular complexity index is 1290. The number of aromatic nitrogens is 2. The number of nitrogens with zero attached hydrogens (tertiary/aromatic N) is 2. The van der Waals surface area contributed by atoms with E-state index >= 15 is 0 Å². The number of ether oxygens (including phenoxy) is 2. The number of carbonyl (C=O) groups is 1. The summed E-state index contributed by atoms with van der Waals surface area (Å²) >= 11 is 0. The summed E-state index contributed by atoms with van der Waals surface area (Å²) in [4.78, 5) is 15.3. The molecule has 0 fully saturated rings. The molecule has 1 atom stereocenters. The Kier molecular flexibility index (Phi) is 4.86. The van der Waals surface area contributed by atoms with Crippen LogP contribution in [0.5, 0.6) is 11.5 Å². The Balaban J connectivity index is 1.75. The lowest BCUT2D eigenvalue weighted by molar-refractivity contribution is 0.0988. The van der Waals surface area contributed by atoms with Gasteiger partial charge in [-0.1, -0.05) is 18.2 Å². The van der Waals surface area contributed by atoms with Crippen molar-refractivity contribution in [3.05, 3.63) is 95.4 Å². The second kappa shape index (κ2) is 7.85. The highest BCUT2D eigenvalue weighted by Crippen LogP contribution is 2.47. The highest BCUT2D eigenvalue weighted by atomic mass is 19.1. The first-order valence-electron chi connectivity index (χ1n) is 10.1. The Morgan fingerprint density at radius 1 is 0.969 bits per heavy atom. The third-order valence-electron chi connectivity index (χ3n) is 5.66. The van der Waals surface area contributed by atoms with E-state index in [-0.39, 0.29) is 11.7 Å². The molecule has 7 heteroatoms. The molecule has 0 bridgehead atoms. The zero-order valence-electron chi connectivity index (χ0n) is 17.5. The lowest BCUT2D eigenvalue weighted by atomic mass is 9.95. The van der Waals surface area contributed by atoms with Crippen LogP contribution in [0.4, 0.5) is 10.1 Å². The van der Waals surface area contributed by atoms with E-state index in [0.29, 0.717) is 34.0 Å². The van der Waals surface area contributed by atoms with Crippen molar-refractivity contribution < 1.29 is 18.7 Å². The van der Waals surface area contributed by atoms with Crippen LogP contribution in [-0.4, -0.2) is 30.3 Å². The molecule has 0 saturated carbocycles. The normalized spacial score (nSPS) is 15.0. The second-order valence-corrected chi connectivity index (χ2v) is 7.39. The molecule has 5 rings (SSSR count). The molecule has 1 N–H and O–H groups in total. The van der Waals surface area contributed by atoms with E-state index < -0.39 is 6.04 Å². The van der Waals surface area contributed by atoms with Crippen LogP contribution >= 0.6 is 0 Å². The quantitative estimate of drug-likeness (QED) is 0.486. The first-order chi connectivity index (χ1) is 15.6. The molecule has 160 valence electrons. The minimum atomic E-state index is -0.500. The lowest BCUT2D eigenvalue weighted by Gasteiger charge is -2.27. The van der Waals surface area contributed by atoms with Crippen molar-refractivity contribution in [2.45, 2.75) is 6.04 Å². The summed E-state index contributed by atoms with van der Waals surface area (Å²) in [7, 11) is 3.17. The molecule has 32 heavy (non-hydrogen) atoms. The Labute approximate surface area is 184 Å². The number of aromatic amines is 1. The summed E-state index contributed by atoms with van der Waals surface area (Å²) in [5.41, 5.74) is 3.95. The number of H-pyrrole nitrogens is 1. The molecule has 0 radical (unpaired) electrons. The summed E-state index contributed by atoms with van der Waals surface area (Å²) in [6.45, 7) is 0. The van der Waals surface area contributed by atoms with E-state index in [1.165, 1.54) is 12.1 Å². The standard InChI is InChI=1S/C25H20FN3O3/c1-31-18-12-13-19(20(14-18)32-2)24-21-22(15-8-10-16(26)11-9-15)27-28-23(21)25(30)29(24)17-6-4-3-5-7-17/h3-14,24H,1-2H3,(H,27,28)/t24-/m0/s1. The van der Waals surface area contributed by atoms with Crippen LogP contribution in [0.1, 0.15) is 27.7 Å². The van der Waals surface area contributed by atoms with E-state index in [0.717, 1.165) is 11.3 Å². The number of amides is 1. The summed E-state index contributed by atoms with van der Waals surface area (Å²) in [5.74, 6) is 0.695. The first kappa shape index (κ1) is 19.8. The molecule has 1 amide bonds. The number of fused-ring (bicyclic) bond motifs is 1. The Morgan fingerprint density at radius 3 is 2.41 bits per heavy atom. The minimum Gasteiger partial charge on any atom is -0.497 e. The molecular formula is C25H20FN3O3. The fourth-order valence-corrected chi connectivity index (χ4v) is 4.17. The number of rotatable bonds is 5. The van der Waals surface area contributed by atoms with E-state index in [1.807, 2.05) is 42.5 Å². The van der Waals surface area contributed by atoms with Gasteiger partial charge in [0, 0.05) is 28.4 Å². The van der Waals surface area contributed by atoms with E-state index in [2.05, 4.69) is 10.2 Å². The fraction of sp³-hybridized carbons (Fsp3) is 0.120. The number of hydrogen-bond acceptors (Lipinski definition) is 4. The molecule has 1 aromatic heterocycles. The molecule has 0 spiro atoms. The molecule has 0 unspecified atom stereocenters. The van der Waals surface area contributed by atoms with Crippen molar-refractivity contribution in [1.29, 1.82) is 0 Å². The summed E-state index contributed by atoms with van der Waals surface area (Å²) in [5, 5.41) is 7.33. The first-order valence-corrected chi connectivity index (χ1v) is 10.1. The second-order valence-electron chi connectivity index (χ2n) is 7.39. The number of hydrogen-bond donors (Lipinski definition) is 1. The number of halogens is 1. The van der Waals surface area contributed by atoms with Crippen LogP contribution in [0, 0.1) is 5.82 Å². The average molecular weight is 429 g/mol. The zero-order valence-corrected chi connectivity index (χ0v) is 17.5. The summed E-state index contributed by atoms with van der Waals surface area (Å²) in [6.07, 6.45) is 0. The molecule has 0 saturated heterocycles. The molecule has 0 aliphatic carbocycles. The van der Waals surface area contributed by atoms with Crippen LogP contribution in [0.2, 0.25) is 0 Å². The predicted molar refractivity (Wildman–Crippen MR) is 119 cm³/mol. The van der Waals surface area contributed by atoms with Crippen molar-refractivity contribution in [3.8, 4) is 22.8 Å². The number of anilines is 1. The number of benzene rings is 3. The van der Waals surface area contributed by atoms with Crippen LogP contribution in [0.25, 0.3) is 11.3 Å². The number of methoxy groups -OCH3 is 2. The van der Waals surface area contributed by atoms with Crippen molar-refractivity contribution in [2.75, 3.05) is 19.1 Å². The van der Waals surface area contributed by atoms with Gasteiger partial charge in [0.15, 0.2) is 0 Å². The lowest BCUT2D eigenvalue weighted by Crippen LogP contribution is -2.29. The molecule has 6 nitrogen and oxygen atoms in total. The highest BCUT2D eigenvalue weighted by molar-refractivity contribution is 6.11. The third-order valence-corrected chi connectivity index (χ3v) is 5.66. The maximum Gasteiger partial charge on any atom is 0.277 e. The molecule has 3 aromatic carbocycles. The summed E-state index contributed by atoms with van der Waals surface area (Å²) in [6, 6.07) is 20.5. The van der Waals surface area contributed by atoms with Gasteiger partial charge in [-0.2, -0.15) is 5.10 Å². The van der Waals surface area contributed by atoms with E-state index in [1.54, 1.807) is 37.3 Å². The van der Waals surface area contributed by atoms with Crippen LogP contribution < -0.4 is 14.4 Å². The number of carbonyl (C=O) groups excluding carboxylic acids is 1. The summed E-state index contributed by atoms with van der Waals surface area (Å²) < 4.78 is 24.6. The largest absolute Gasteiger partial charge is 0.497 e. The predicted octanol–water partition coefficient (Wildman–Crippen LogP) is 4.98. The zero-order chi connectivity index (χ0) is 22.2. The van der Waals surface area contributed by atoms with Crippen molar-refractivity contribution in [2.24, 2.45) is 0 Å². The Hall–Kier alpha value is -4.13. The average Bonchev–Trinajstić information content (AvgIpc) is 3.38. The smallest absolute Gasteiger partial charge is 0.277 e. The van der Waals surface area contributed by atoms with Crippen LogP contribution in [-0.2, 0) is 0 Å². The monoisotopic (exact) mass is 429 g/mol. The van der Waals surface area contributed by atoms with Crippen molar-refractivity contribution in [1.82, 2.24) is 10.2 Å². The molecule has 1 aliphatic rings. The van der Waals surface area contributed by atoms with Gasteiger partial charge in [0.25, 0.3) is 5.91 Å². The Morgan fingerprint density at radius 2 is 1.72 bits per heavy atom. The number of nitrogens with one attached hydrogen (secondary N) is 1. The van der Waals surface area contributed by atoms with Gasteiger partial charge < -0.3 is 9.47 Å². The molecule has 4 aromatic rings. The van der Waals surface area contributed by atoms with Crippen molar-refractivity contribution >= 4 is 11.6 Å². The van der Waals surface area contributed by atoms with Gasteiger partial charge in [-0.15, -0.1) is 0 Å². The van der Waals surface area contributed by atoms with Crippen LogP contribution in [0.15, 0.2) is 72.8 Å². The SMILES string of the molecule is COc1ccc([C@H]2c3c(-c4ccc(F)cc4)n[nH]c3C(=O)N2c2ccccc2)c(OC)c1. The van der Waals surface area contributed by atoms with Gasteiger partial charge in [0.1, 0.15) is 23.0 Å². The maximum absolute atomic E-state index is 13.5. The number of para-hydroxylation sites is 1. The fourth-order valence-electron chi connectivity index (χ4n) is 4.17. The van der Waals surface area contributed by atoms with Gasteiger partial charge >= 0.3 is 0 Å². The van der Waals surface area contributed by atoms with Gasteiger partial charge in [0.05, 0.1) is 26.0 Å². The van der Waals surface area contributed by atoms with Crippen LogP contribution in [0.3, 0.4) is 0 Å². The maximum atomic E-state index is 13.5. The minimum absolute atomic E-state index is 0.199. The highest BCUT2D eigenvalue weighted by Gasteiger charge is 2.44. The third kappa shape index (κ3) is 3.10. The van der Waals surface area contributed by atoms with Gasteiger partial charge in [-0.3, -0.25) is 14.8 Å². The van der Waals surface area contributed by atoms with E-state index in [4.69, 9.17) is 9.47 Å². The van der Waals surface area contributed by atoms with E-state index in [9.17, 15) is 9.18 Å².